The predicted octanol–water partition coefficient (Wildman–Crippen LogP) is 8.35. The molecule has 0 radical (unpaired) electrons. The molecule has 5 heterocycles. The van der Waals surface area contributed by atoms with Gasteiger partial charge >= 0.3 is 0 Å². The number of imide groups is 1. The Balaban J connectivity index is 0.713. The quantitative estimate of drug-likeness (QED) is 0.0419. The van der Waals surface area contributed by atoms with Crippen molar-refractivity contribution in [2.45, 2.75) is 103 Å². The molecule has 7 amide bonds. The summed E-state index contributed by atoms with van der Waals surface area (Å²) in [6.45, 7) is 6.24. The minimum Gasteiger partial charge on any atom is -0.497 e. The molecule has 0 aromatic heterocycles. The maximum Gasteiger partial charge on any atom is 0.260 e. The third-order valence-electron chi connectivity index (χ3n) is 14.9. The third-order valence-corrected chi connectivity index (χ3v) is 14.9. The monoisotopic (exact) mass is 1120 g/mol. The standard InChI is InChI=1S/C62H68N8O12/c1-37(2)58(67-55(71)13-9-7-10-24-68-56(72)22-23-57(68)73)60(75)65-38(3)59(74)66-43-18-14-39(15-19-43)41-27-44-33-63-49-31-53(51(79-5)29-47(49)61(76)69(44)35-41)81-25-11-8-12-26-82-54-32-50-48(30-52(54)80-6)62(77)70-36-42(28-45(70)34-64-50)40-16-20-46(78-4)21-17-40/h14-23,29-38,44-45,58H,7-13,24-28H2,1-6H3,(H,65,75)(H,66,74)(H,67,71)/t38-,44-,45-,58?/m0/s1. The van der Waals surface area contributed by atoms with E-state index in [2.05, 4.69) is 16.0 Å². The Bertz CT molecular complexity index is 3260. The first kappa shape index (κ1) is 57.6. The van der Waals surface area contributed by atoms with Crippen LogP contribution in [0.25, 0.3) is 11.1 Å². The molecule has 0 fully saturated rings. The molecule has 428 valence electrons. The molecule has 4 aromatic rings. The van der Waals surface area contributed by atoms with Gasteiger partial charge in [0.1, 0.15) is 17.8 Å². The first-order valence-corrected chi connectivity index (χ1v) is 27.7. The Hall–Kier alpha value is -9.07. The van der Waals surface area contributed by atoms with Gasteiger partial charge in [-0.2, -0.15) is 0 Å². The molecule has 0 bridgehead atoms. The smallest absolute Gasteiger partial charge is 0.260 e. The van der Waals surface area contributed by atoms with Crippen LogP contribution in [-0.4, -0.2) is 134 Å². The highest BCUT2D eigenvalue weighted by Crippen LogP contribution is 2.42. The van der Waals surface area contributed by atoms with Crippen LogP contribution in [0.4, 0.5) is 17.1 Å². The van der Waals surface area contributed by atoms with E-state index in [4.69, 9.17) is 33.7 Å². The number of hydrogen-bond donors (Lipinski definition) is 3. The number of carbonyl (C=O) groups is 7. The summed E-state index contributed by atoms with van der Waals surface area (Å²) >= 11 is 0. The minimum atomic E-state index is -0.921. The van der Waals surface area contributed by atoms with Crippen LogP contribution in [-0.2, 0) is 24.0 Å². The first-order chi connectivity index (χ1) is 39.6. The molecule has 4 atom stereocenters. The van der Waals surface area contributed by atoms with Gasteiger partial charge in [0, 0.05) is 80.6 Å². The summed E-state index contributed by atoms with van der Waals surface area (Å²) in [5.41, 5.74) is 6.12. The van der Waals surface area contributed by atoms with Crippen LogP contribution in [0.1, 0.15) is 110 Å². The third kappa shape index (κ3) is 13.2. The molecule has 0 saturated carbocycles. The van der Waals surface area contributed by atoms with Crippen LogP contribution < -0.4 is 39.6 Å². The Morgan fingerprint density at radius 1 is 0.598 bits per heavy atom. The number of fused-ring (bicyclic) bond motifs is 4. The lowest BCUT2D eigenvalue weighted by Crippen LogP contribution is -2.53. The molecular weight excluding hydrogens is 1050 g/mol. The number of unbranched alkanes of at least 4 members (excludes halogenated alkanes) is 4. The van der Waals surface area contributed by atoms with E-state index in [0.717, 1.165) is 40.9 Å². The average Bonchev–Trinajstić information content (AvgIpc) is 4.27. The predicted molar refractivity (Wildman–Crippen MR) is 309 cm³/mol. The lowest BCUT2D eigenvalue weighted by molar-refractivity contribution is -0.137. The maximum absolute atomic E-state index is 14.1. The zero-order valence-electron chi connectivity index (χ0n) is 46.9. The van der Waals surface area contributed by atoms with E-state index in [1.54, 1.807) is 87.4 Å². The molecule has 1 unspecified atom stereocenters. The largest absolute Gasteiger partial charge is 0.497 e. The number of rotatable bonds is 25. The zero-order chi connectivity index (χ0) is 58.0. The summed E-state index contributed by atoms with van der Waals surface area (Å²) in [5, 5.41) is 8.35. The number of amides is 7. The van der Waals surface area contributed by atoms with Gasteiger partial charge in [0.15, 0.2) is 23.0 Å². The van der Waals surface area contributed by atoms with E-state index >= 15 is 0 Å². The SMILES string of the molecule is COc1ccc(C2=CN3C(=O)c4cc(OC)c(OCCCCCOc5cc6c(cc5OC)C(=O)N5C=C(c7ccc(NC(=O)[C@H](C)NC(=O)C(NC(=O)CCCCCN8C(=O)C=CC8=O)C(C)C)cc7)C[C@H]5C=N6)cc4N=C[C@@H]3C2)cc1. The normalized spacial score (nSPS) is 17.5. The summed E-state index contributed by atoms with van der Waals surface area (Å²) in [6, 6.07) is 19.5. The van der Waals surface area contributed by atoms with E-state index < -0.39 is 23.9 Å². The molecule has 0 saturated heterocycles. The highest BCUT2D eigenvalue weighted by molar-refractivity contribution is 6.13. The minimum absolute atomic E-state index is 0.161. The second kappa shape index (κ2) is 26.0. The highest BCUT2D eigenvalue weighted by atomic mass is 16.5. The van der Waals surface area contributed by atoms with Crippen molar-refractivity contribution in [1.29, 1.82) is 0 Å². The number of carbonyl (C=O) groups excluding carboxylic acids is 7. The fraction of sp³-hybridized carbons (Fsp3) is 0.371. The van der Waals surface area contributed by atoms with E-state index in [0.29, 0.717) is 103 Å². The summed E-state index contributed by atoms with van der Waals surface area (Å²) in [6.07, 6.45) is 15.0. The topological polar surface area (TPSA) is 236 Å². The number of aliphatic imine (C=N–C) groups is 2. The lowest BCUT2D eigenvalue weighted by Gasteiger charge is -2.24. The molecule has 9 rings (SSSR count). The maximum atomic E-state index is 14.1. The number of ether oxygens (including phenoxy) is 5. The molecular formula is C62H68N8O12. The molecule has 3 N–H and O–H groups in total. The number of anilines is 1. The number of nitrogens with one attached hydrogen (secondary N) is 3. The van der Waals surface area contributed by atoms with E-state index in [-0.39, 0.29) is 60.5 Å². The van der Waals surface area contributed by atoms with Crippen LogP contribution in [0.3, 0.4) is 0 Å². The number of hydrogen-bond acceptors (Lipinski definition) is 14. The van der Waals surface area contributed by atoms with Gasteiger partial charge in [0.05, 0.1) is 69.1 Å². The second-order valence-electron chi connectivity index (χ2n) is 20.9. The molecule has 0 aliphatic carbocycles. The van der Waals surface area contributed by atoms with Crippen molar-refractivity contribution in [3.8, 4) is 28.7 Å². The van der Waals surface area contributed by atoms with E-state index in [1.165, 1.54) is 24.2 Å². The van der Waals surface area contributed by atoms with Gasteiger partial charge in [-0.05, 0) is 104 Å². The van der Waals surface area contributed by atoms with Gasteiger partial charge in [0.2, 0.25) is 17.7 Å². The second-order valence-corrected chi connectivity index (χ2v) is 20.9. The fourth-order valence-corrected chi connectivity index (χ4v) is 10.2. The molecule has 5 aliphatic rings. The molecule has 4 aromatic carbocycles. The number of methoxy groups -OCH3 is 3. The summed E-state index contributed by atoms with van der Waals surface area (Å²) < 4.78 is 29.0. The Morgan fingerprint density at radius 3 is 1.61 bits per heavy atom. The van der Waals surface area contributed by atoms with Gasteiger partial charge in [-0.1, -0.05) is 44.5 Å². The molecule has 20 heteroatoms. The summed E-state index contributed by atoms with van der Waals surface area (Å²) in [7, 11) is 4.70. The van der Waals surface area contributed by atoms with Crippen LogP contribution in [0, 0.1) is 5.92 Å². The molecule has 0 spiro atoms. The van der Waals surface area contributed by atoms with Crippen molar-refractivity contribution in [1.82, 2.24) is 25.3 Å². The van der Waals surface area contributed by atoms with Gasteiger partial charge in [0.25, 0.3) is 23.6 Å². The number of benzene rings is 4. The Labute approximate surface area is 476 Å². The lowest BCUT2D eigenvalue weighted by atomic mass is 10.0. The molecule has 5 aliphatic heterocycles. The summed E-state index contributed by atoms with van der Waals surface area (Å²) in [5.74, 6) is 0.0126. The van der Waals surface area contributed by atoms with Crippen LogP contribution in [0.2, 0.25) is 0 Å². The van der Waals surface area contributed by atoms with Crippen molar-refractivity contribution in [3.05, 3.63) is 120 Å². The fourth-order valence-electron chi connectivity index (χ4n) is 10.2. The van der Waals surface area contributed by atoms with Crippen LogP contribution in [0.15, 0.2) is 107 Å². The van der Waals surface area contributed by atoms with Crippen LogP contribution >= 0.6 is 0 Å². The van der Waals surface area contributed by atoms with Crippen molar-refractivity contribution in [2.75, 3.05) is 46.4 Å². The number of nitrogens with zero attached hydrogens (tertiary/aromatic N) is 5. The summed E-state index contributed by atoms with van der Waals surface area (Å²) in [4.78, 5) is 105. The average molecular weight is 1120 g/mol. The van der Waals surface area contributed by atoms with Gasteiger partial charge in [-0.3, -0.25) is 48.4 Å². The Kier molecular flexibility index (Phi) is 18.3. The Morgan fingerprint density at radius 2 is 1.11 bits per heavy atom. The van der Waals surface area contributed by atoms with Crippen molar-refractivity contribution >= 4 is 82.0 Å². The van der Waals surface area contributed by atoms with Gasteiger partial charge < -0.3 is 49.4 Å². The van der Waals surface area contributed by atoms with E-state index in [1.807, 2.05) is 55.0 Å². The molecule has 20 nitrogen and oxygen atoms in total. The first-order valence-electron chi connectivity index (χ1n) is 27.7. The van der Waals surface area contributed by atoms with Crippen molar-refractivity contribution < 1.29 is 57.2 Å². The van der Waals surface area contributed by atoms with Crippen molar-refractivity contribution in [3.63, 3.8) is 0 Å². The molecule has 82 heavy (non-hydrogen) atoms. The van der Waals surface area contributed by atoms with E-state index in [9.17, 15) is 33.6 Å². The van der Waals surface area contributed by atoms with Crippen LogP contribution in [0.5, 0.6) is 28.7 Å². The van der Waals surface area contributed by atoms with Crippen molar-refractivity contribution in [2.24, 2.45) is 15.9 Å². The van der Waals surface area contributed by atoms with Gasteiger partial charge in [-0.15, -0.1) is 0 Å². The van der Waals surface area contributed by atoms with Gasteiger partial charge in [-0.25, -0.2) is 0 Å². The zero-order valence-corrected chi connectivity index (χ0v) is 46.9. The highest BCUT2D eigenvalue weighted by Gasteiger charge is 2.36.